The molecule has 0 bridgehead atoms. The summed E-state index contributed by atoms with van der Waals surface area (Å²) in [5, 5.41) is 0. The molecule has 4 rings (SSSR count). The summed E-state index contributed by atoms with van der Waals surface area (Å²) >= 11 is 0. The smallest absolute Gasteiger partial charge is 0.00806 e. The van der Waals surface area contributed by atoms with Crippen molar-refractivity contribution in [2.45, 2.75) is 57.8 Å². The van der Waals surface area contributed by atoms with E-state index in [-0.39, 0.29) is 0 Å². The van der Waals surface area contributed by atoms with Crippen LogP contribution in [0.2, 0.25) is 0 Å². The average Bonchev–Trinajstić information content (AvgIpc) is 2.93. The zero-order valence-electron chi connectivity index (χ0n) is 17.7. The molecular weight excluding hydrogens is 348 g/mol. The lowest BCUT2D eigenvalue weighted by molar-refractivity contribution is 0.687. The second kappa shape index (κ2) is 9.27. The van der Waals surface area contributed by atoms with E-state index >= 15 is 0 Å². The van der Waals surface area contributed by atoms with E-state index in [2.05, 4.69) is 80.2 Å². The molecule has 0 spiro atoms. The maximum absolute atomic E-state index is 3.85. The predicted octanol–water partition coefficient (Wildman–Crippen LogP) is 7.70. The third-order valence-electron chi connectivity index (χ3n) is 6.32. The number of hydrogen-bond donors (Lipinski definition) is 0. The van der Waals surface area contributed by atoms with Crippen LogP contribution in [0.1, 0.15) is 59.9 Å². The number of rotatable bonds is 7. The topological polar surface area (TPSA) is 0 Å². The van der Waals surface area contributed by atoms with Crippen molar-refractivity contribution >= 4 is 0 Å². The maximum Gasteiger partial charge on any atom is -0.00806 e. The Bertz CT molecular complexity index is 962. The molecule has 0 saturated carbocycles. The van der Waals surface area contributed by atoms with Gasteiger partial charge in [0.25, 0.3) is 0 Å². The van der Waals surface area contributed by atoms with Crippen molar-refractivity contribution in [3.8, 4) is 11.1 Å². The van der Waals surface area contributed by atoms with Crippen molar-refractivity contribution in [1.29, 1.82) is 0 Å². The van der Waals surface area contributed by atoms with Gasteiger partial charge in [0.2, 0.25) is 0 Å². The Morgan fingerprint density at radius 3 is 2.34 bits per heavy atom. The Kier molecular flexibility index (Phi) is 6.30. The molecule has 1 unspecified atom stereocenters. The van der Waals surface area contributed by atoms with Gasteiger partial charge in [-0.25, -0.2) is 0 Å². The van der Waals surface area contributed by atoms with Gasteiger partial charge in [-0.05, 0) is 83.4 Å². The minimum Gasteiger partial charge on any atom is -0.103 e. The first-order valence-corrected chi connectivity index (χ1v) is 11.2. The molecule has 0 radical (unpaired) electrons. The van der Waals surface area contributed by atoms with Crippen LogP contribution in [0.15, 0.2) is 79.4 Å². The molecule has 0 nitrogen and oxygen atoms in total. The van der Waals surface area contributed by atoms with Gasteiger partial charge < -0.3 is 0 Å². The molecule has 148 valence electrons. The number of allylic oxidation sites excluding steroid dienone is 1. The third-order valence-corrected chi connectivity index (χ3v) is 6.32. The van der Waals surface area contributed by atoms with Crippen molar-refractivity contribution in [2.24, 2.45) is 0 Å². The Hall–Kier alpha value is -2.60. The maximum atomic E-state index is 3.85. The zero-order valence-corrected chi connectivity index (χ0v) is 17.7. The normalized spacial score (nSPS) is 15.3. The van der Waals surface area contributed by atoms with E-state index in [9.17, 15) is 0 Å². The molecule has 0 fully saturated rings. The lowest BCUT2D eigenvalue weighted by Crippen LogP contribution is -2.05. The molecule has 3 aromatic carbocycles. The van der Waals surface area contributed by atoms with E-state index in [0.717, 1.165) is 25.7 Å². The first-order chi connectivity index (χ1) is 14.3. The number of fused-ring (bicyclic) bond motifs is 3. The Balaban J connectivity index is 1.68. The van der Waals surface area contributed by atoms with Crippen LogP contribution >= 0.6 is 0 Å². The van der Waals surface area contributed by atoms with Gasteiger partial charge in [-0.1, -0.05) is 86.2 Å². The van der Waals surface area contributed by atoms with Crippen LogP contribution in [0.25, 0.3) is 11.1 Å². The monoisotopic (exact) mass is 380 g/mol. The molecule has 29 heavy (non-hydrogen) atoms. The van der Waals surface area contributed by atoms with Crippen LogP contribution < -0.4 is 0 Å². The summed E-state index contributed by atoms with van der Waals surface area (Å²) in [7, 11) is 0. The van der Waals surface area contributed by atoms with E-state index in [1.807, 2.05) is 6.08 Å². The van der Waals surface area contributed by atoms with Crippen LogP contribution in [0.4, 0.5) is 0 Å². The second-order valence-electron chi connectivity index (χ2n) is 8.43. The van der Waals surface area contributed by atoms with Gasteiger partial charge in [-0.2, -0.15) is 0 Å². The standard InChI is InChI=1S/C29H32/c1-3-5-9-22-13-16-24(17-14-22)26-20-25-11-7-8-12-28(25)29-18-15-23(10-6-4-2)19-27(29)21-26/h3,7-8,11-19,26H,1,4-6,9-10,20-21H2,2H3. The van der Waals surface area contributed by atoms with Gasteiger partial charge in [0.15, 0.2) is 0 Å². The van der Waals surface area contributed by atoms with Crippen molar-refractivity contribution < 1.29 is 0 Å². The average molecular weight is 381 g/mol. The fourth-order valence-electron chi connectivity index (χ4n) is 4.64. The van der Waals surface area contributed by atoms with Crippen LogP contribution in [-0.2, 0) is 25.7 Å². The lowest BCUT2D eigenvalue weighted by atomic mass is 9.87. The van der Waals surface area contributed by atoms with Gasteiger partial charge in [-0.3, -0.25) is 0 Å². The molecule has 0 saturated heterocycles. The molecule has 1 aliphatic rings. The largest absolute Gasteiger partial charge is 0.103 e. The number of benzene rings is 3. The molecule has 0 amide bonds. The van der Waals surface area contributed by atoms with Crippen molar-refractivity contribution in [3.63, 3.8) is 0 Å². The first-order valence-electron chi connectivity index (χ1n) is 11.2. The summed E-state index contributed by atoms with van der Waals surface area (Å²) in [6.07, 6.45) is 10.1. The van der Waals surface area contributed by atoms with E-state index in [4.69, 9.17) is 0 Å². The highest BCUT2D eigenvalue weighted by Gasteiger charge is 2.22. The number of aryl methyl sites for hydroxylation is 2. The highest BCUT2D eigenvalue weighted by molar-refractivity contribution is 5.72. The van der Waals surface area contributed by atoms with Gasteiger partial charge in [0, 0.05) is 0 Å². The molecule has 1 atom stereocenters. The van der Waals surface area contributed by atoms with Gasteiger partial charge in [0.1, 0.15) is 0 Å². The minimum absolute atomic E-state index is 0.535. The summed E-state index contributed by atoms with van der Waals surface area (Å²) < 4.78 is 0. The van der Waals surface area contributed by atoms with Crippen molar-refractivity contribution in [3.05, 3.63) is 107 Å². The fourth-order valence-corrected chi connectivity index (χ4v) is 4.64. The third kappa shape index (κ3) is 4.53. The molecule has 0 heterocycles. The SMILES string of the molecule is C=CCCc1ccc(C2Cc3ccccc3-c3ccc(CCCC)cc3C2)cc1. The van der Waals surface area contributed by atoms with E-state index < -0.39 is 0 Å². The second-order valence-corrected chi connectivity index (χ2v) is 8.43. The van der Waals surface area contributed by atoms with Gasteiger partial charge >= 0.3 is 0 Å². The summed E-state index contributed by atoms with van der Waals surface area (Å²) in [5.41, 5.74) is 10.2. The summed E-state index contributed by atoms with van der Waals surface area (Å²) in [6, 6.07) is 25.6. The zero-order chi connectivity index (χ0) is 20.1. The number of unbranched alkanes of at least 4 members (excludes halogenated alkanes) is 1. The molecule has 0 aliphatic heterocycles. The molecule has 0 aromatic heterocycles. The minimum atomic E-state index is 0.535. The van der Waals surface area contributed by atoms with Gasteiger partial charge in [-0.15, -0.1) is 6.58 Å². The summed E-state index contributed by atoms with van der Waals surface area (Å²) in [4.78, 5) is 0. The number of hydrogen-bond acceptors (Lipinski definition) is 0. The first kappa shape index (κ1) is 19.7. The van der Waals surface area contributed by atoms with Gasteiger partial charge in [0.05, 0.1) is 0 Å². The Morgan fingerprint density at radius 2 is 1.55 bits per heavy atom. The molecule has 3 aromatic rings. The summed E-state index contributed by atoms with van der Waals surface area (Å²) in [5.74, 6) is 0.535. The molecule has 0 heteroatoms. The van der Waals surface area contributed by atoms with Crippen LogP contribution in [0.3, 0.4) is 0 Å². The fraction of sp³-hybridized carbons (Fsp3) is 0.310. The Labute approximate surface area is 176 Å². The van der Waals surface area contributed by atoms with Crippen molar-refractivity contribution in [2.75, 3.05) is 0 Å². The predicted molar refractivity (Wildman–Crippen MR) is 126 cm³/mol. The highest BCUT2D eigenvalue weighted by Crippen LogP contribution is 2.38. The van der Waals surface area contributed by atoms with E-state index in [1.165, 1.54) is 58.2 Å². The van der Waals surface area contributed by atoms with Crippen LogP contribution in [0, 0.1) is 0 Å². The summed E-state index contributed by atoms with van der Waals surface area (Å²) in [6.45, 7) is 6.12. The lowest BCUT2D eigenvalue weighted by Gasteiger charge is -2.17. The van der Waals surface area contributed by atoms with E-state index in [1.54, 1.807) is 0 Å². The van der Waals surface area contributed by atoms with Crippen molar-refractivity contribution in [1.82, 2.24) is 0 Å². The molecule has 1 aliphatic carbocycles. The molecule has 0 N–H and O–H groups in total. The van der Waals surface area contributed by atoms with E-state index in [0.29, 0.717) is 5.92 Å². The van der Waals surface area contributed by atoms with Crippen LogP contribution in [-0.4, -0.2) is 0 Å². The molecular formula is C29H32. The van der Waals surface area contributed by atoms with Crippen LogP contribution in [0.5, 0.6) is 0 Å². The highest BCUT2D eigenvalue weighted by atomic mass is 14.3. The quantitative estimate of drug-likeness (QED) is 0.368. The Morgan fingerprint density at radius 1 is 0.828 bits per heavy atom.